The Morgan fingerprint density at radius 2 is 1.32 bits per heavy atom. The van der Waals surface area contributed by atoms with Crippen molar-refractivity contribution in [3.8, 4) is 0 Å². The minimum absolute atomic E-state index is 0. The van der Waals surface area contributed by atoms with Gasteiger partial charge >= 0.3 is 0 Å². The predicted molar refractivity (Wildman–Crippen MR) is 72.2 cm³/mol. The van der Waals surface area contributed by atoms with Crippen LogP contribution in [-0.2, 0) is 4.79 Å². The molecule has 0 aliphatic heterocycles. The van der Waals surface area contributed by atoms with Crippen LogP contribution in [0.3, 0.4) is 0 Å². The van der Waals surface area contributed by atoms with E-state index in [4.69, 9.17) is 22.1 Å². The normalized spacial score (nSPS) is 10.1. The average molecular weight is 279 g/mol. The fourth-order valence-electron chi connectivity index (χ4n) is 1.22. The molecule has 98 valence electrons. The second-order valence-corrected chi connectivity index (χ2v) is 2.79. The van der Waals surface area contributed by atoms with Gasteiger partial charge in [-0.05, 0) is 11.6 Å². The van der Waals surface area contributed by atoms with E-state index >= 15 is 0 Å². The van der Waals surface area contributed by atoms with Crippen LogP contribution in [0.5, 0.6) is 0 Å². The van der Waals surface area contributed by atoms with Crippen molar-refractivity contribution < 1.29 is 9.59 Å². The molecule has 1 aromatic rings. The van der Waals surface area contributed by atoms with Crippen LogP contribution in [0.4, 0.5) is 0 Å². The number of allylic oxidation sites excluding steroid dienone is 1. The summed E-state index contributed by atoms with van der Waals surface area (Å²) < 4.78 is 0. The highest BCUT2D eigenvalue weighted by Gasteiger charge is 2.19. The molecule has 0 spiro atoms. The Morgan fingerprint density at radius 1 is 0.842 bits per heavy atom. The van der Waals surface area contributed by atoms with Crippen LogP contribution >= 0.6 is 12.4 Å². The van der Waals surface area contributed by atoms with E-state index in [1.807, 2.05) is 12.1 Å². The van der Waals surface area contributed by atoms with Gasteiger partial charge in [-0.2, -0.15) is 0 Å². The standard InChI is InChI=1S/C10H6O2.ClH.2N3/c11-9-6-5-7-3-1-2-4-8(7)10(9)12;;2*1-3-2/h1-6H;1H;;/q;;2*-1. The molecule has 0 amide bonds. The van der Waals surface area contributed by atoms with Gasteiger partial charge in [0.15, 0.2) is 0 Å². The van der Waals surface area contributed by atoms with Crippen molar-refractivity contribution in [2.45, 2.75) is 0 Å². The zero-order chi connectivity index (χ0) is 14.0. The number of hydrogen-bond donors (Lipinski definition) is 0. The third-order valence-electron chi connectivity index (χ3n) is 1.84. The Labute approximate surface area is 114 Å². The molecule has 9 heteroatoms. The number of fused-ring (bicyclic) bond motifs is 1. The average Bonchev–Trinajstić information content (AvgIpc) is 2.36. The molecule has 0 N–H and O–H groups in total. The van der Waals surface area contributed by atoms with Crippen molar-refractivity contribution in [2.75, 3.05) is 0 Å². The second kappa shape index (κ2) is 10.4. The van der Waals surface area contributed by atoms with Crippen LogP contribution in [0, 0.1) is 0 Å². The molecule has 1 aromatic carbocycles. The molecule has 0 radical (unpaired) electrons. The third kappa shape index (κ3) is 5.90. The van der Waals surface area contributed by atoms with Crippen LogP contribution in [0.25, 0.3) is 38.0 Å². The first-order chi connectivity index (χ1) is 8.62. The minimum Gasteiger partial charge on any atom is -0.373 e. The topological polar surface area (TPSA) is 152 Å². The predicted octanol–water partition coefficient (Wildman–Crippen LogP) is 3.62. The SMILES string of the molecule is Cl.O=C1C=Cc2ccccc2C1=O.[N-]=[N+]=[N-].[N-]=[N+]=[N-]. The molecule has 19 heavy (non-hydrogen) atoms. The summed E-state index contributed by atoms with van der Waals surface area (Å²) in [7, 11) is 0. The quantitative estimate of drug-likeness (QED) is 0.308. The van der Waals surface area contributed by atoms with Crippen molar-refractivity contribution in [3.05, 3.63) is 73.4 Å². The summed E-state index contributed by atoms with van der Waals surface area (Å²) in [6.45, 7) is 0. The maximum Gasteiger partial charge on any atom is 0.233 e. The molecule has 0 heterocycles. The summed E-state index contributed by atoms with van der Waals surface area (Å²) in [6, 6.07) is 7.07. The van der Waals surface area contributed by atoms with E-state index in [-0.39, 0.29) is 12.4 Å². The van der Waals surface area contributed by atoms with E-state index in [0.29, 0.717) is 5.56 Å². The van der Waals surface area contributed by atoms with E-state index in [1.54, 1.807) is 18.2 Å². The van der Waals surface area contributed by atoms with Gasteiger partial charge in [0, 0.05) is 5.56 Å². The molecule has 0 saturated carbocycles. The molecular weight excluding hydrogens is 272 g/mol. The lowest BCUT2D eigenvalue weighted by molar-refractivity contribution is -0.110. The van der Waals surface area contributed by atoms with E-state index in [0.717, 1.165) is 5.56 Å². The van der Waals surface area contributed by atoms with Gasteiger partial charge in [-0.1, -0.05) is 30.3 Å². The van der Waals surface area contributed by atoms with E-state index < -0.39 is 11.6 Å². The van der Waals surface area contributed by atoms with Crippen LogP contribution in [0.1, 0.15) is 15.9 Å². The van der Waals surface area contributed by atoms with Gasteiger partial charge in [-0.15, -0.1) is 12.4 Å². The second-order valence-electron chi connectivity index (χ2n) is 2.79. The van der Waals surface area contributed by atoms with Gasteiger partial charge in [0.25, 0.3) is 0 Å². The number of carbonyl (C=O) groups is 2. The molecule has 0 unspecified atom stereocenters. The summed E-state index contributed by atoms with van der Waals surface area (Å²) >= 11 is 0. The first-order valence-corrected chi connectivity index (χ1v) is 4.45. The maximum atomic E-state index is 11.2. The highest BCUT2D eigenvalue weighted by Crippen LogP contribution is 2.16. The fraction of sp³-hybridized carbons (Fsp3) is 0. The number of nitrogens with zero attached hydrogens (tertiary/aromatic N) is 6. The largest absolute Gasteiger partial charge is 0.373 e. The molecule has 0 atom stereocenters. The van der Waals surface area contributed by atoms with E-state index in [9.17, 15) is 9.59 Å². The number of halogens is 1. The number of ketones is 2. The molecule has 1 aliphatic carbocycles. The summed E-state index contributed by atoms with van der Waals surface area (Å²) in [5, 5.41) is 0. The minimum atomic E-state index is -0.436. The van der Waals surface area contributed by atoms with Crippen molar-refractivity contribution in [2.24, 2.45) is 0 Å². The van der Waals surface area contributed by atoms with Gasteiger partial charge < -0.3 is 22.1 Å². The summed E-state index contributed by atoms with van der Waals surface area (Å²) in [5.74, 6) is -0.846. The smallest absolute Gasteiger partial charge is 0.233 e. The number of hydrogen-bond acceptors (Lipinski definition) is 2. The number of Topliss-reactive ketones (excluding diaryl/α,β-unsaturated/α-hetero) is 1. The molecule has 0 aromatic heterocycles. The van der Waals surface area contributed by atoms with Crippen LogP contribution < -0.4 is 0 Å². The summed E-state index contributed by atoms with van der Waals surface area (Å²) in [5.41, 5.74) is 28.3. The lowest BCUT2D eigenvalue weighted by atomic mass is 9.96. The Kier molecular flexibility index (Phi) is 10.1. The van der Waals surface area contributed by atoms with Crippen molar-refractivity contribution in [3.63, 3.8) is 0 Å². The lowest BCUT2D eigenvalue weighted by Crippen LogP contribution is -2.15. The molecular formula is C10H7ClN6O2-2. The molecule has 8 nitrogen and oxygen atoms in total. The summed E-state index contributed by atoms with van der Waals surface area (Å²) in [4.78, 5) is 25.1. The van der Waals surface area contributed by atoms with E-state index in [2.05, 4.69) is 0 Å². The van der Waals surface area contributed by atoms with Crippen molar-refractivity contribution >= 4 is 30.0 Å². The highest BCUT2D eigenvalue weighted by molar-refractivity contribution is 6.49. The van der Waals surface area contributed by atoms with Gasteiger partial charge in [0.1, 0.15) is 0 Å². The molecule has 1 aliphatic rings. The van der Waals surface area contributed by atoms with E-state index in [1.165, 1.54) is 15.9 Å². The van der Waals surface area contributed by atoms with Gasteiger partial charge in [-0.25, -0.2) is 0 Å². The maximum absolute atomic E-state index is 11.2. The van der Waals surface area contributed by atoms with Gasteiger partial charge in [0.05, 0.1) is 0 Å². The molecule has 0 fully saturated rings. The summed E-state index contributed by atoms with van der Waals surface area (Å²) in [6.07, 6.45) is 2.98. The Hall–Kier alpha value is -2.79. The first-order valence-electron chi connectivity index (χ1n) is 4.45. The van der Waals surface area contributed by atoms with Gasteiger partial charge in [-0.3, -0.25) is 19.4 Å². The highest BCUT2D eigenvalue weighted by atomic mass is 35.5. The lowest BCUT2D eigenvalue weighted by Gasteiger charge is -2.06. The zero-order valence-electron chi connectivity index (χ0n) is 9.37. The van der Waals surface area contributed by atoms with Crippen LogP contribution in [-0.4, -0.2) is 11.6 Å². The van der Waals surface area contributed by atoms with Gasteiger partial charge in [0.2, 0.25) is 11.6 Å². The molecule has 2 rings (SSSR count). The molecule has 0 bridgehead atoms. The number of rotatable bonds is 0. The first kappa shape index (κ1) is 18.6. The van der Waals surface area contributed by atoms with Crippen molar-refractivity contribution in [1.29, 1.82) is 0 Å². The number of carbonyl (C=O) groups excluding carboxylic acids is 2. The Bertz CT molecular complexity index is 545. The van der Waals surface area contributed by atoms with Crippen LogP contribution in [0.15, 0.2) is 30.3 Å². The van der Waals surface area contributed by atoms with Crippen molar-refractivity contribution in [1.82, 2.24) is 0 Å². The Morgan fingerprint density at radius 3 is 1.84 bits per heavy atom. The molecule has 0 saturated heterocycles. The monoisotopic (exact) mass is 278 g/mol. The zero-order valence-corrected chi connectivity index (χ0v) is 10.2. The third-order valence-corrected chi connectivity index (χ3v) is 1.84. The Balaban J connectivity index is 0. The van der Waals surface area contributed by atoms with Crippen LogP contribution in [0.2, 0.25) is 0 Å². The fourth-order valence-corrected chi connectivity index (χ4v) is 1.22. The number of benzene rings is 1.